The lowest BCUT2D eigenvalue weighted by Gasteiger charge is -2.24. The molecule has 1 atom stereocenters. The third kappa shape index (κ3) is 3.14. The monoisotopic (exact) mass is 355 g/mol. The number of anilines is 1. The fraction of sp³-hybridized carbons (Fsp3) is 0.300. The van der Waals surface area contributed by atoms with Gasteiger partial charge in [0.25, 0.3) is 5.91 Å². The molecule has 1 aliphatic heterocycles. The van der Waals surface area contributed by atoms with Gasteiger partial charge in [-0.2, -0.15) is 0 Å². The number of methoxy groups -OCH3 is 2. The average molecular weight is 355 g/mol. The van der Waals surface area contributed by atoms with Gasteiger partial charge >= 0.3 is 0 Å². The summed E-state index contributed by atoms with van der Waals surface area (Å²) in [5.41, 5.74) is 0.0128. The number of hydrogen-bond acceptors (Lipinski definition) is 5. The van der Waals surface area contributed by atoms with Crippen LogP contribution in [0.2, 0.25) is 0 Å². The lowest BCUT2D eigenvalue weighted by Crippen LogP contribution is -2.43. The first-order chi connectivity index (χ1) is 12.5. The van der Waals surface area contributed by atoms with Gasteiger partial charge in [-0.25, -0.2) is 0 Å². The Hall–Kier alpha value is -2.54. The lowest BCUT2D eigenvalue weighted by molar-refractivity contribution is -0.164. The van der Waals surface area contributed by atoms with Crippen LogP contribution in [0.15, 0.2) is 54.6 Å². The van der Waals surface area contributed by atoms with E-state index in [1.165, 1.54) is 19.1 Å². The van der Waals surface area contributed by atoms with Crippen LogP contribution in [0.1, 0.15) is 17.5 Å². The molecule has 1 aliphatic rings. The van der Waals surface area contributed by atoms with E-state index in [0.717, 1.165) is 5.56 Å². The Labute approximate surface area is 152 Å². The minimum Gasteiger partial charge on any atom is -0.375 e. The van der Waals surface area contributed by atoms with Crippen molar-refractivity contribution in [3.8, 4) is 0 Å². The molecule has 0 aliphatic carbocycles. The SMILES string of the molecule is COC(OC)C(=O)C[C@]1(O)C(=O)N(Cc2ccccc2)c2ccccc21. The molecular weight excluding hydrogens is 334 g/mol. The number of nitrogens with zero attached hydrogens (tertiary/aromatic N) is 1. The van der Waals surface area contributed by atoms with Crippen LogP contribution in [0, 0.1) is 0 Å². The molecule has 136 valence electrons. The number of ketones is 1. The topological polar surface area (TPSA) is 76.1 Å². The Bertz CT molecular complexity index is 803. The van der Waals surface area contributed by atoms with Crippen LogP contribution in [0.3, 0.4) is 0 Å². The van der Waals surface area contributed by atoms with Crippen molar-refractivity contribution < 1.29 is 24.2 Å². The Balaban J connectivity index is 1.94. The maximum atomic E-state index is 13.1. The molecular formula is C20H21NO5. The van der Waals surface area contributed by atoms with Gasteiger partial charge in [-0.3, -0.25) is 9.59 Å². The third-order valence-electron chi connectivity index (χ3n) is 4.54. The van der Waals surface area contributed by atoms with Crippen molar-refractivity contribution in [3.05, 3.63) is 65.7 Å². The van der Waals surface area contributed by atoms with E-state index < -0.39 is 30.0 Å². The number of carbonyl (C=O) groups excluding carboxylic acids is 2. The van der Waals surface area contributed by atoms with Gasteiger partial charge in [0.1, 0.15) is 0 Å². The van der Waals surface area contributed by atoms with E-state index in [1.807, 2.05) is 30.3 Å². The molecule has 0 fully saturated rings. The highest BCUT2D eigenvalue weighted by molar-refractivity contribution is 6.09. The molecule has 1 N–H and O–H groups in total. The number of aliphatic hydroxyl groups is 1. The van der Waals surface area contributed by atoms with Gasteiger partial charge in [0.15, 0.2) is 11.4 Å². The number of rotatable bonds is 7. The van der Waals surface area contributed by atoms with Crippen LogP contribution in [0.25, 0.3) is 0 Å². The fourth-order valence-electron chi connectivity index (χ4n) is 3.30. The van der Waals surface area contributed by atoms with Crippen LogP contribution in [-0.2, 0) is 31.2 Å². The van der Waals surface area contributed by atoms with Crippen molar-refractivity contribution in [1.29, 1.82) is 0 Å². The molecule has 2 aromatic carbocycles. The zero-order valence-electron chi connectivity index (χ0n) is 14.7. The van der Waals surface area contributed by atoms with Gasteiger partial charge in [0.05, 0.1) is 18.7 Å². The molecule has 0 aromatic heterocycles. The molecule has 0 radical (unpaired) electrons. The van der Waals surface area contributed by atoms with Crippen LogP contribution < -0.4 is 4.90 Å². The number of Topliss-reactive ketones (excluding diaryl/α,β-unsaturated/α-hetero) is 1. The molecule has 2 aromatic rings. The Morgan fingerprint density at radius 2 is 1.69 bits per heavy atom. The quantitative estimate of drug-likeness (QED) is 0.769. The number of ether oxygens (including phenoxy) is 2. The number of carbonyl (C=O) groups is 2. The summed E-state index contributed by atoms with van der Waals surface area (Å²) >= 11 is 0. The number of benzene rings is 2. The number of para-hydroxylation sites is 1. The highest BCUT2D eigenvalue weighted by atomic mass is 16.7. The minimum atomic E-state index is -1.93. The summed E-state index contributed by atoms with van der Waals surface area (Å²) in [7, 11) is 2.67. The van der Waals surface area contributed by atoms with Crippen LogP contribution in [-0.4, -0.2) is 37.3 Å². The van der Waals surface area contributed by atoms with Gasteiger partial charge in [-0.1, -0.05) is 48.5 Å². The van der Waals surface area contributed by atoms with Gasteiger partial charge < -0.3 is 19.5 Å². The second kappa shape index (κ2) is 7.37. The molecule has 1 amide bonds. The van der Waals surface area contributed by atoms with Gasteiger partial charge in [0, 0.05) is 19.8 Å². The summed E-state index contributed by atoms with van der Waals surface area (Å²) in [6, 6.07) is 16.5. The first-order valence-electron chi connectivity index (χ1n) is 8.27. The molecule has 0 saturated heterocycles. The number of fused-ring (bicyclic) bond motifs is 1. The van der Waals surface area contributed by atoms with Crippen molar-refractivity contribution in [3.63, 3.8) is 0 Å². The second-order valence-corrected chi connectivity index (χ2v) is 6.20. The summed E-state index contributed by atoms with van der Waals surface area (Å²) in [6.07, 6.45) is -1.54. The van der Waals surface area contributed by atoms with E-state index in [9.17, 15) is 14.7 Å². The van der Waals surface area contributed by atoms with Crippen molar-refractivity contribution >= 4 is 17.4 Å². The Morgan fingerprint density at radius 1 is 1.08 bits per heavy atom. The van der Waals surface area contributed by atoms with Gasteiger partial charge in [0.2, 0.25) is 6.29 Å². The molecule has 26 heavy (non-hydrogen) atoms. The predicted octanol–water partition coefficient (Wildman–Crippen LogP) is 2.00. The maximum absolute atomic E-state index is 13.1. The largest absolute Gasteiger partial charge is 0.375 e. The highest BCUT2D eigenvalue weighted by Crippen LogP contribution is 2.43. The normalized spacial score (nSPS) is 19.1. The van der Waals surface area contributed by atoms with Crippen molar-refractivity contribution in [2.45, 2.75) is 24.9 Å². The maximum Gasteiger partial charge on any atom is 0.264 e. The van der Waals surface area contributed by atoms with Crippen molar-refractivity contribution in [2.75, 3.05) is 19.1 Å². The summed E-state index contributed by atoms with van der Waals surface area (Å²) < 4.78 is 9.91. The number of hydrogen-bond donors (Lipinski definition) is 1. The molecule has 0 saturated carbocycles. The standard InChI is InChI=1S/C20H21NO5/c1-25-18(26-2)17(22)12-20(24)15-10-6-7-11-16(15)21(19(20)23)13-14-8-4-3-5-9-14/h3-11,18,24H,12-13H2,1-2H3/t20-/m1/s1. The first kappa shape index (κ1) is 18.3. The smallest absolute Gasteiger partial charge is 0.264 e. The van der Waals surface area contributed by atoms with Gasteiger partial charge in [-0.05, 0) is 11.6 Å². The summed E-state index contributed by atoms with van der Waals surface area (Å²) in [5, 5.41) is 11.1. The zero-order chi connectivity index (χ0) is 18.7. The number of amides is 1. The Morgan fingerprint density at radius 3 is 2.35 bits per heavy atom. The zero-order valence-corrected chi connectivity index (χ0v) is 14.7. The summed E-state index contributed by atoms with van der Waals surface area (Å²) in [5.74, 6) is -1.02. The van der Waals surface area contributed by atoms with E-state index in [-0.39, 0.29) is 0 Å². The molecule has 0 bridgehead atoms. The van der Waals surface area contributed by atoms with Gasteiger partial charge in [-0.15, -0.1) is 0 Å². The Kier molecular flexibility index (Phi) is 5.18. The van der Waals surface area contributed by atoms with Crippen molar-refractivity contribution in [2.24, 2.45) is 0 Å². The van der Waals surface area contributed by atoms with E-state index >= 15 is 0 Å². The summed E-state index contributed by atoms with van der Waals surface area (Å²) in [6.45, 7) is 0.311. The van der Waals surface area contributed by atoms with Crippen LogP contribution in [0.4, 0.5) is 5.69 Å². The minimum absolute atomic E-state index is 0.311. The van der Waals surface area contributed by atoms with Crippen LogP contribution >= 0.6 is 0 Å². The predicted molar refractivity (Wildman–Crippen MR) is 95.4 cm³/mol. The van der Waals surface area contributed by atoms with Crippen molar-refractivity contribution in [1.82, 2.24) is 0 Å². The van der Waals surface area contributed by atoms with E-state index in [4.69, 9.17) is 9.47 Å². The molecule has 0 spiro atoms. The lowest BCUT2D eigenvalue weighted by atomic mass is 9.90. The second-order valence-electron chi connectivity index (χ2n) is 6.20. The fourth-order valence-corrected chi connectivity index (χ4v) is 3.30. The van der Waals surface area contributed by atoms with E-state index in [0.29, 0.717) is 17.8 Å². The van der Waals surface area contributed by atoms with E-state index in [2.05, 4.69) is 0 Å². The highest BCUT2D eigenvalue weighted by Gasteiger charge is 2.51. The summed E-state index contributed by atoms with van der Waals surface area (Å²) in [4.78, 5) is 27.0. The molecule has 3 rings (SSSR count). The average Bonchev–Trinajstić information content (AvgIpc) is 2.86. The molecule has 6 nitrogen and oxygen atoms in total. The first-order valence-corrected chi connectivity index (χ1v) is 8.27. The molecule has 1 heterocycles. The van der Waals surface area contributed by atoms with E-state index in [1.54, 1.807) is 24.3 Å². The molecule has 0 unspecified atom stereocenters. The molecule has 6 heteroatoms. The third-order valence-corrected chi connectivity index (χ3v) is 4.54. The van der Waals surface area contributed by atoms with Crippen LogP contribution in [0.5, 0.6) is 0 Å².